The number of carbonyl (C=O) groups excluding carboxylic acids is 1. The van der Waals surface area contributed by atoms with E-state index in [1.165, 1.54) is 24.3 Å². The number of hydrogen-bond donors (Lipinski definition) is 1. The zero-order valence-corrected chi connectivity index (χ0v) is 20.6. The molecular formula is C23H23ClFN5O4S. The van der Waals surface area contributed by atoms with E-state index in [2.05, 4.69) is 14.5 Å². The molecule has 35 heavy (non-hydrogen) atoms. The lowest BCUT2D eigenvalue weighted by molar-refractivity contribution is -0.129. The largest absolute Gasteiger partial charge is 0.465 e. The van der Waals surface area contributed by atoms with Crippen LogP contribution in [0.1, 0.15) is 44.0 Å². The third-order valence-electron chi connectivity index (χ3n) is 7.78. The van der Waals surface area contributed by atoms with Gasteiger partial charge in [-0.05, 0) is 25.3 Å². The molecule has 2 unspecified atom stereocenters. The van der Waals surface area contributed by atoms with Crippen molar-refractivity contribution in [1.82, 2.24) is 24.3 Å². The van der Waals surface area contributed by atoms with Gasteiger partial charge in [0.05, 0.1) is 34.4 Å². The molecule has 4 aliphatic rings. The molecule has 5 atom stereocenters. The molecule has 3 aromatic rings. The van der Waals surface area contributed by atoms with Gasteiger partial charge in [0.15, 0.2) is 11.0 Å². The van der Waals surface area contributed by atoms with E-state index in [0.29, 0.717) is 29.4 Å². The molecule has 0 spiro atoms. The van der Waals surface area contributed by atoms with Crippen molar-refractivity contribution in [1.29, 1.82) is 0 Å². The van der Waals surface area contributed by atoms with E-state index >= 15 is 4.39 Å². The minimum atomic E-state index is -1.54. The molecule has 0 radical (unpaired) electrons. The lowest BCUT2D eigenvalue weighted by atomic mass is 9.79. The highest BCUT2D eigenvalue weighted by Crippen LogP contribution is 2.53. The second kappa shape index (κ2) is 7.86. The molecule has 12 heteroatoms. The van der Waals surface area contributed by atoms with E-state index in [1.54, 1.807) is 0 Å². The number of pyridine rings is 2. The van der Waals surface area contributed by atoms with Gasteiger partial charge in [0, 0.05) is 54.9 Å². The summed E-state index contributed by atoms with van der Waals surface area (Å²) in [5.74, 6) is -0.751. The van der Waals surface area contributed by atoms with Crippen molar-refractivity contribution < 1.29 is 23.3 Å². The molecule has 4 fully saturated rings. The number of fused-ring (bicyclic) bond motifs is 4. The fraction of sp³-hybridized carbons (Fsp3) is 0.478. The number of rotatable bonds is 3. The van der Waals surface area contributed by atoms with Gasteiger partial charge in [-0.1, -0.05) is 11.6 Å². The number of amides is 2. The van der Waals surface area contributed by atoms with Crippen LogP contribution in [0.2, 0.25) is 5.15 Å². The molecule has 7 rings (SSSR count). The van der Waals surface area contributed by atoms with Crippen LogP contribution in [-0.2, 0) is 15.6 Å². The Kier molecular flexibility index (Phi) is 5.09. The van der Waals surface area contributed by atoms with Crippen molar-refractivity contribution in [2.75, 3.05) is 19.3 Å². The first-order valence-corrected chi connectivity index (χ1v) is 13.4. The summed E-state index contributed by atoms with van der Waals surface area (Å²) in [7, 11) is -1.54. The Balaban J connectivity index is 1.70. The maximum Gasteiger partial charge on any atom is 0.407 e. The number of aromatic nitrogens is 3. The van der Waals surface area contributed by atoms with Gasteiger partial charge >= 0.3 is 6.09 Å². The van der Waals surface area contributed by atoms with Gasteiger partial charge in [0.25, 0.3) is 0 Å². The summed E-state index contributed by atoms with van der Waals surface area (Å²) in [4.78, 5) is 36.0. The van der Waals surface area contributed by atoms with Crippen LogP contribution in [0, 0.1) is 11.7 Å². The maximum atomic E-state index is 15.1. The maximum absolute atomic E-state index is 15.1. The van der Waals surface area contributed by atoms with Crippen molar-refractivity contribution in [2.24, 2.45) is 5.92 Å². The zero-order valence-electron chi connectivity index (χ0n) is 19.1. The molecule has 6 heterocycles. The van der Waals surface area contributed by atoms with Gasteiger partial charge in [0.1, 0.15) is 10.5 Å². The Bertz CT molecular complexity index is 1460. The minimum Gasteiger partial charge on any atom is -0.465 e. The predicted molar refractivity (Wildman–Crippen MR) is 127 cm³/mol. The summed E-state index contributed by atoms with van der Waals surface area (Å²) >= 11 is 5.96. The Labute approximate surface area is 207 Å². The monoisotopic (exact) mass is 519 g/mol. The smallest absolute Gasteiger partial charge is 0.407 e. The van der Waals surface area contributed by atoms with Crippen LogP contribution in [0.25, 0.3) is 21.8 Å². The fourth-order valence-electron chi connectivity index (χ4n) is 6.32. The molecule has 3 aliphatic heterocycles. The lowest BCUT2D eigenvalue weighted by Crippen LogP contribution is -2.43. The molecule has 1 N–H and O–H groups in total. The highest BCUT2D eigenvalue weighted by atomic mass is 35.5. The van der Waals surface area contributed by atoms with E-state index in [9.17, 15) is 18.9 Å². The van der Waals surface area contributed by atoms with E-state index in [0.717, 1.165) is 25.0 Å². The highest BCUT2D eigenvalue weighted by Gasteiger charge is 2.56. The van der Waals surface area contributed by atoms with Crippen molar-refractivity contribution in [2.45, 2.75) is 49.3 Å². The van der Waals surface area contributed by atoms with E-state index in [4.69, 9.17) is 11.6 Å². The Morgan fingerprint density at radius 3 is 2.71 bits per heavy atom. The minimum absolute atomic E-state index is 0.0230. The molecule has 0 aromatic carbocycles. The second-order valence-electron chi connectivity index (χ2n) is 9.56. The molecule has 2 amide bonds. The summed E-state index contributed by atoms with van der Waals surface area (Å²) in [5, 5.41) is 10.6. The van der Waals surface area contributed by atoms with Crippen LogP contribution >= 0.6 is 11.6 Å². The van der Waals surface area contributed by atoms with Gasteiger partial charge in [-0.2, -0.15) is 0 Å². The Hall–Kier alpha value is -2.79. The molecule has 9 nitrogen and oxygen atoms in total. The molecule has 3 aromatic heterocycles. The number of halogens is 2. The average Bonchev–Trinajstić information content (AvgIpc) is 3.57. The summed E-state index contributed by atoms with van der Waals surface area (Å²) in [5.41, 5.74) is 1.42. The summed E-state index contributed by atoms with van der Waals surface area (Å²) < 4.78 is 29.9. The van der Waals surface area contributed by atoms with Crippen LogP contribution in [0.5, 0.6) is 0 Å². The van der Waals surface area contributed by atoms with Gasteiger partial charge in [0.2, 0.25) is 5.91 Å². The van der Waals surface area contributed by atoms with Crippen molar-refractivity contribution in [3.8, 4) is 0 Å². The van der Waals surface area contributed by atoms with Gasteiger partial charge in [-0.15, -0.1) is 0 Å². The number of nitrogens with zero attached hydrogens (tertiary/aromatic N) is 5. The SMILES string of the molecule is CC(=O)N1CCCC1c1cc2c(S(C)=O)nc3c(F)c(Cl)ncc3c2n1[C@H]1[C@@H]2C[C@H]1N(C(=O)O)C2. The quantitative estimate of drug-likeness (QED) is 0.528. The normalized spacial score (nSPS) is 26.5. The molecule has 1 saturated carbocycles. The summed E-state index contributed by atoms with van der Waals surface area (Å²) in [6.45, 7) is 2.58. The molecule has 1 aliphatic carbocycles. The number of carboxylic acid groups (broad SMARTS) is 1. The first kappa shape index (κ1) is 22.7. The summed E-state index contributed by atoms with van der Waals surface area (Å²) in [6, 6.07) is 1.26. The van der Waals surface area contributed by atoms with Crippen LogP contribution < -0.4 is 0 Å². The number of hydrogen-bond acceptors (Lipinski definition) is 5. The highest BCUT2D eigenvalue weighted by molar-refractivity contribution is 7.84. The summed E-state index contributed by atoms with van der Waals surface area (Å²) in [6.07, 6.45) is 4.31. The van der Waals surface area contributed by atoms with E-state index < -0.39 is 22.7 Å². The fourth-order valence-corrected chi connectivity index (χ4v) is 7.15. The first-order valence-electron chi connectivity index (χ1n) is 11.5. The van der Waals surface area contributed by atoms with E-state index in [1.807, 2.05) is 11.0 Å². The van der Waals surface area contributed by atoms with Crippen LogP contribution in [0.3, 0.4) is 0 Å². The van der Waals surface area contributed by atoms with Crippen molar-refractivity contribution in [3.05, 3.63) is 28.9 Å². The third-order valence-corrected chi connectivity index (χ3v) is 8.90. The van der Waals surface area contributed by atoms with Crippen molar-refractivity contribution in [3.63, 3.8) is 0 Å². The predicted octanol–water partition coefficient (Wildman–Crippen LogP) is 3.72. The second-order valence-corrected chi connectivity index (χ2v) is 11.2. The van der Waals surface area contributed by atoms with E-state index in [-0.39, 0.29) is 45.6 Å². The van der Waals surface area contributed by atoms with Gasteiger partial charge < -0.3 is 19.5 Å². The Morgan fingerprint density at radius 2 is 2.06 bits per heavy atom. The van der Waals surface area contributed by atoms with Gasteiger partial charge in [-0.3, -0.25) is 9.00 Å². The Morgan fingerprint density at radius 1 is 1.29 bits per heavy atom. The first-order chi connectivity index (χ1) is 16.7. The van der Waals surface area contributed by atoms with Crippen LogP contribution in [-0.4, -0.2) is 71.0 Å². The molecule has 3 saturated heterocycles. The number of likely N-dealkylation sites (tertiary alicyclic amines) is 1. The topological polar surface area (TPSA) is 109 Å². The third kappa shape index (κ3) is 3.13. The number of carbonyl (C=O) groups is 2. The average molecular weight is 520 g/mol. The lowest BCUT2D eigenvalue weighted by Gasteiger charge is -2.40. The standard InChI is InChI=1S/C23H23ClFN5O4S/c1-10(31)28-5-3-4-14(28)15-7-12-20(30(15)19-11-6-16(19)29(9-11)23(32)33)13-8-26-21(24)17(25)18(13)27-22(12)35(2)34/h7-8,11,14,16,19H,3-6,9H2,1-2H3,(H,32,33)/t11-,14?,16-,19+,35?/m1/s1. The zero-order chi connectivity index (χ0) is 24.8. The van der Waals surface area contributed by atoms with Crippen LogP contribution in [0.4, 0.5) is 9.18 Å². The van der Waals surface area contributed by atoms with Gasteiger partial charge in [-0.25, -0.2) is 19.2 Å². The molecular weight excluding hydrogens is 497 g/mol. The molecule has 184 valence electrons. The molecule has 2 bridgehead atoms. The van der Waals surface area contributed by atoms with Crippen molar-refractivity contribution >= 4 is 56.2 Å². The van der Waals surface area contributed by atoms with Crippen LogP contribution in [0.15, 0.2) is 17.3 Å².